The molecule has 0 aromatic heterocycles. The van der Waals surface area contributed by atoms with E-state index in [1.54, 1.807) is 13.8 Å². The minimum absolute atomic E-state index is 0.162. The first-order valence-corrected chi connectivity index (χ1v) is 14.4. The van der Waals surface area contributed by atoms with Gasteiger partial charge in [-0.25, -0.2) is 17.9 Å². The second-order valence-electron chi connectivity index (χ2n) is 10.4. The zero-order valence-electron chi connectivity index (χ0n) is 23.6. The fourth-order valence-corrected chi connectivity index (χ4v) is 6.10. The lowest BCUT2D eigenvalue weighted by Gasteiger charge is -2.35. The van der Waals surface area contributed by atoms with E-state index in [-0.39, 0.29) is 29.4 Å². The lowest BCUT2D eigenvalue weighted by Crippen LogP contribution is -2.48. The van der Waals surface area contributed by atoms with Crippen molar-refractivity contribution in [3.8, 4) is 5.75 Å². The minimum Gasteiger partial charge on any atom is -0.487 e. The number of fused-ring (bicyclic) bond motifs is 1. The van der Waals surface area contributed by atoms with E-state index in [4.69, 9.17) is 20.9 Å². The van der Waals surface area contributed by atoms with Crippen molar-refractivity contribution in [2.24, 2.45) is 16.5 Å². The van der Waals surface area contributed by atoms with Crippen molar-refractivity contribution in [3.05, 3.63) is 22.3 Å². The molecule has 1 aromatic carbocycles. The smallest absolute Gasteiger partial charge is 0.328 e. The quantitative estimate of drug-likeness (QED) is 0.139. The summed E-state index contributed by atoms with van der Waals surface area (Å²) in [5, 5.41) is 2.61. The van der Waals surface area contributed by atoms with Crippen molar-refractivity contribution >= 4 is 27.9 Å². The molecule has 1 aromatic rings. The summed E-state index contributed by atoms with van der Waals surface area (Å²) in [6.07, 6.45) is 3.29. The van der Waals surface area contributed by atoms with Crippen molar-refractivity contribution in [1.82, 2.24) is 10.0 Å². The van der Waals surface area contributed by atoms with Crippen LogP contribution in [0, 0.1) is 20.8 Å². The number of aliphatic imine (C=N–C) groups is 1. The predicted molar refractivity (Wildman–Crippen MR) is 147 cm³/mol. The molecule has 12 heteroatoms. The van der Waals surface area contributed by atoms with Gasteiger partial charge in [0.15, 0.2) is 0 Å². The van der Waals surface area contributed by atoms with Crippen LogP contribution in [0.25, 0.3) is 0 Å². The molecule has 0 spiro atoms. The van der Waals surface area contributed by atoms with Gasteiger partial charge in [-0.05, 0) is 89.0 Å². The van der Waals surface area contributed by atoms with Gasteiger partial charge < -0.3 is 26.3 Å². The van der Waals surface area contributed by atoms with Gasteiger partial charge in [0.25, 0.3) is 10.0 Å². The van der Waals surface area contributed by atoms with E-state index in [9.17, 15) is 18.0 Å². The van der Waals surface area contributed by atoms with Gasteiger partial charge in [0.1, 0.15) is 17.4 Å². The molecule has 214 valence electrons. The molecule has 11 nitrogen and oxygen atoms in total. The normalized spacial score (nSPS) is 16.6. The highest BCUT2D eigenvalue weighted by Crippen LogP contribution is 2.42. The fourth-order valence-electron chi connectivity index (χ4n) is 4.57. The molecule has 1 amide bonds. The van der Waals surface area contributed by atoms with Crippen LogP contribution >= 0.6 is 0 Å². The Kier molecular flexibility index (Phi) is 10.6. The molecule has 0 fully saturated rings. The maximum absolute atomic E-state index is 13.3. The minimum atomic E-state index is -4.00. The van der Waals surface area contributed by atoms with E-state index in [1.165, 1.54) is 7.11 Å². The summed E-state index contributed by atoms with van der Waals surface area (Å²) in [6.45, 7) is 11.5. The van der Waals surface area contributed by atoms with Crippen LogP contribution in [-0.2, 0) is 30.8 Å². The van der Waals surface area contributed by atoms with Crippen molar-refractivity contribution in [2.75, 3.05) is 13.7 Å². The van der Waals surface area contributed by atoms with Gasteiger partial charge in [-0.2, -0.15) is 0 Å². The van der Waals surface area contributed by atoms with Crippen LogP contribution in [-0.4, -0.2) is 57.6 Å². The van der Waals surface area contributed by atoms with Crippen LogP contribution in [0.3, 0.4) is 0 Å². The van der Waals surface area contributed by atoms with Crippen LogP contribution in [0.2, 0.25) is 0 Å². The molecular weight excluding hydrogens is 510 g/mol. The average Bonchev–Trinajstić information content (AvgIpc) is 2.83. The summed E-state index contributed by atoms with van der Waals surface area (Å²) in [5.41, 5.74) is 14.5. The Labute approximate surface area is 226 Å². The van der Waals surface area contributed by atoms with E-state index in [0.717, 1.165) is 23.3 Å². The molecule has 0 unspecified atom stereocenters. The molecule has 1 aliphatic rings. The second kappa shape index (κ2) is 12.8. The third kappa shape index (κ3) is 7.59. The highest BCUT2D eigenvalue weighted by molar-refractivity contribution is 7.90. The fraction of sp³-hybridized carbons (Fsp3) is 0.654. The maximum atomic E-state index is 13.3. The number of rotatable bonds is 11. The summed E-state index contributed by atoms with van der Waals surface area (Å²) >= 11 is 0. The number of hydrogen-bond donors (Lipinski definition) is 4. The Bertz CT molecular complexity index is 1180. The first-order valence-electron chi connectivity index (χ1n) is 12.9. The Balaban J connectivity index is 2.03. The summed E-state index contributed by atoms with van der Waals surface area (Å²) < 4.78 is 39.9. The van der Waals surface area contributed by atoms with E-state index in [2.05, 4.69) is 15.0 Å². The van der Waals surface area contributed by atoms with Crippen LogP contribution in [0.4, 0.5) is 0 Å². The molecule has 2 rings (SSSR count). The first kappa shape index (κ1) is 31.4. The molecule has 1 heterocycles. The number of hydrogen-bond acceptors (Lipinski definition) is 8. The molecule has 1 aliphatic heterocycles. The van der Waals surface area contributed by atoms with Gasteiger partial charge in [-0.3, -0.25) is 9.79 Å². The molecule has 0 radical (unpaired) electrons. The van der Waals surface area contributed by atoms with Gasteiger partial charge >= 0.3 is 5.97 Å². The Morgan fingerprint density at radius 3 is 2.42 bits per heavy atom. The molecule has 0 aliphatic carbocycles. The molecule has 0 saturated carbocycles. The number of guanidine groups is 1. The number of esters is 1. The number of methoxy groups -OCH3 is 1. The number of amides is 1. The Morgan fingerprint density at radius 1 is 1.16 bits per heavy atom. The number of ether oxygens (including phenoxy) is 2. The van der Waals surface area contributed by atoms with Crippen molar-refractivity contribution < 1.29 is 27.5 Å². The summed E-state index contributed by atoms with van der Waals surface area (Å²) in [5.74, 6) is -0.478. The zero-order valence-corrected chi connectivity index (χ0v) is 24.4. The number of nitrogens with one attached hydrogen (secondary N) is 2. The number of nitrogens with two attached hydrogens (primary N) is 2. The highest BCUT2D eigenvalue weighted by Gasteiger charge is 2.33. The topological polar surface area (TPSA) is 175 Å². The Morgan fingerprint density at radius 2 is 1.82 bits per heavy atom. The highest BCUT2D eigenvalue weighted by atomic mass is 32.2. The lowest BCUT2D eigenvalue weighted by molar-refractivity contribution is -0.145. The third-order valence-corrected chi connectivity index (χ3v) is 8.47. The van der Waals surface area contributed by atoms with Gasteiger partial charge in [0.2, 0.25) is 11.9 Å². The van der Waals surface area contributed by atoms with Gasteiger partial charge in [-0.15, -0.1) is 0 Å². The van der Waals surface area contributed by atoms with Crippen LogP contribution in [0.5, 0.6) is 5.75 Å². The van der Waals surface area contributed by atoms with Crippen molar-refractivity contribution in [1.29, 1.82) is 0 Å². The second-order valence-corrected chi connectivity index (χ2v) is 12.0. The average molecular weight is 554 g/mol. The molecule has 0 bridgehead atoms. The molecule has 38 heavy (non-hydrogen) atoms. The summed E-state index contributed by atoms with van der Waals surface area (Å²) in [6, 6.07) is -1.60. The molecule has 0 saturated heterocycles. The van der Waals surface area contributed by atoms with Gasteiger partial charge in [-0.1, -0.05) is 13.3 Å². The maximum Gasteiger partial charge on any atom is 0.328 e. The van der Waals surface area contributed by atoms with E-state index in [1.807, 2.05) is 27.7 Å². The number of carbonyl (C=O) groups excluding carboxylic acids is 2. The van der Waals surface area contributed by atoms with Crippen molar-refractivity contribution in [2.45, 2.75) is 103 Å². The largest absolute Gasteiger partial charge is 0.487 e. The number of carbonyl (C=O) groups is 2. The van der Waals surface area contributed by atoms with E-state index >= 15 is 0 Å². The van der Waals surface area contributed by atoms with Crippen LogP contribution in [0.1, 0.15) is 75.1 Å². The lowest BCUT2D eigenvalue weighted by atomic mass is 9.88. The SMILES string of the molecule is CCC[C@H](NC(=O)[C@@H](N)CCCN=C(N)NS(=O)(=O)c1c(C)c(C)c2c(c1C)CCC(C)(C)O2)C(=O)OC. The number of nitrogens with zero attached hydrogens (tertiary/aromatic N) is 1. The third-order valence-electron chi connectivity index (χ3n) is 6.85. The van der Waals surface area contributed by atoms with E-state index < -0.39 is 34.0 Å². The molecule has 6 N–H and O–H groups in total. The van der Waals surface area contributed by atoms with E-state index in [0.29, 0.717) is 36.8 Å². The van der Waals surface area contributed by atoms with Crippen LogP contribution in [0.15, 0.2) is 9.89 Å². The number of sulfonamides is 1. The zero-order chi connectivity index (χ0) is 28.8. The van der Waals surface area contributed by atoms with Gasteiger partial charge in [0, 0.05) is 6.54 Å². The Hall–Kier alpha value is -2.86. The monoisotopic (exact) mass is 553 g/mol. The molecular formula is C26H43N5O6S. The van der Waals surface area contributed by atoms with Crippen LogP contribution < -0.4 is 26.2 Å². The summed E-state index contributed by atoms with van der Waals surface area (Å²) in [7, 11) is -2.73. The molecule has 2 atom stereocenters. The standard InChI is InChI=1S/C26H43N5O6S/c1-8-10-20(24(33)36-7)30-23(32)19(27)11-9-14-29-25(28)31-38(34,35)22-16(3)15(2)21-18(17(22)4)12-13-26(5,6)37-21/h19-20H,8-14,27H2,1-7H3,(H,30,32)(H3,28,29,31)/t19-,20-/m0/s1. The number of benzene rings is 1. The van der Waals surface area contributed by atoms with Crippen molar-refractivity contribution in [3.63, 3.8) is 0 Å². The predicted octanol–water partition coefficient (Wildman–Crippen LogP) is 1.87. The van der Waals surface area contributed by atoms with Gasteiger partial charge in [0.05, 0.1) is 18.0 Å². The first-order chi connectivity index (χ1) is 17.6. The summed E-state index contributed by atoms with van der Waals surface area (Å²) in [4.78, 5) is 28.4.